The maximum Gasteiger partial charge on any atom is 0.243 e. The summed E-state index contributed by atoms with van der Waals surface area (Å²) in [7, 11) is -3.55. The van der Waals surface area contributed by atoms with Crippen LogP contribution in [0.4, 0.5) is 5.69 Å². The number of carbonyl (C=O) groups excluding carboxylic acids is 2. The van der Waals surface area contributed by atoms with Crippen molar-refractivity contribution in [2.75, 3.05) is 17.1 Å². The fourth-order valence-corrected chi connectivity index (χ4v) is 5.62. The van der Waals surface area contributed by atoms with Gasteiger partial charge in [-0.05, 0) is 62.6 Å². The van der Waals surface area contributed by atoms with E-state index in [4.69, 9.17) is 11.6 Å². The third-order valence-electron chi connectivity index (χ3n) is 6.21. The SMILES string of the molecule is CC(C)(C)NC(=O)[C@H](Cc1ccccc1)N(Cc1cccc(Cl)c1)C(=O)CCCN(c1ccccc1)S(C)(=O)=O. The molecule has 9 heteroatoms. The van der Waals surface area contributed by atoms with E-state index in [0.717, 1.165) is 17.4 Å². The Hall–Kier alpha value is -3.36. The highest BCUT2D eigenvalue weighted by atomic mass is 35.5. The van der Waals surface area contributed by atoms with Gasteiger partial charge in [0.25, 0.3) is 0 Å². The molecule has 0 aliphatic heterocycles. The molecule has 0 radical (unpaired) electrons. The monoisotopic (exact) mass is 583 g/mol. The van der Waals surface area contributed by atoms with E-state index in [-0.39, 0.29) is 37.7 Å². The predicted octanol–water partition coefficient (Wildman–Crippen LogP) is 5.44. The van der Waals surface area contributed by atoms with Crippen molar-refractivity contribution >= 4 is 39.1 Å². The lowest BCUT2D eigenvalue weighted by Gasteiger charge is -2.34. The number of carbonyl (C=O) groups is 2. The largest absolute Gasteiger partial charge is 0.350 e. The lowest BCUT2D eigenvalue weighted by Crippen LogP contribution is -2.54. The molecule has 0 saturated heterocycles. The van der Waals surface area contributed by atoms with Gasteiger partial charge in [-0.2, -0.15) is 0 Å². The molecule has 40 heavy (non-hydrogen) atoms. The van der Waals surface area contributed by atoms with Crippen LogP contribution in [0.3, 0.4) is 0 Å². The first-order valence-corrected chi connectivity index (χ1v) is 15.5. The van der Waals surface area contributed by atoms with Gasteiger partial charge in [0.1, 0.15) is 6.04 Å². The highest BCUT2D eigenvalue weighted by Gasteiger charge is 2.32. The Balaban J connectivity index is 1.90. The Morgan fingerprint density at radius 2 is 1.50 bits per heavy atom. The Bertz CT molecular complexity index is 1380. The van der Waals surface area contributed by atoms with E-state index in [9.17, 15) is 18.0 Å². The summed E-state index contributed by atoms with van der Waals surface area (Å²) in [5.74, 6) is -0.500. The zero-order valence-electron chi connectivity index (χ0n) is 23.5. The minimum atomic E-state index is -3.55. The van der Waals surface area contributed by atoms with Gasteiger partial charge in [0.2, 0.25) is 21.8 Å². The first-order chi connectivity index (χ1) is 18.8. The molecule has 0 aliphatic rings. The Labute approximate surface area is 243 Å². The van der Waals surface area contributed by atoms with Crippen LogP contribution >= 0.6 is 11.6 Å². The number of anilines is 1. The van der Waals surface area contributed by atoms with E-state index in [1.165, 1.54) is 4.31 Å². The van der Waals surface area contributed by atoms with Gasteiger partial charge in [-0.3, -0.25) is 13.9 Å². The highest BCUT2D eigenvalue weighted by molar-refractivity contribution is 7.92. The quantitative estimate of drug-likeness (QED) is 0.307. The summed E-state index contributed by atoms with van der Waals surface area (Å²) in [6, 6.07) is 24.8. The topological polar surface area (TPSA) is 86.8 Å². The van der Waals surface area contributed by atoms with Crippen molar-refractivity contribution in [2.45, 2.75) is 58.2 Å². The third kappa shape index (κ3) is 9.68. The lowest BCUT2D eigenvalue weighted by atomic mass is 10.00. The number of rotatable bonds is 12. The molecule has 0 unspecified atom stereocenters. The van der Waals surface area contributed by atoms with Crippen LogP contribution in [-0.4, -0.2) is 49.5 Å². The Morgan fingerprint density at radius 3 is 2.08 bits per heavy atom. The van der Waals surface area contributed by atoms with Gasteiger partial charge in [0.15, 0.2) is 0 Å². The second-order valence-corrected chi connectivity index (χ2v) is 13.2. The van der Waals surface area contributed by atoms with E-state index in [1.807, 2.05) is 69.3 Å². The number of nitrogens with one attached hydrogen (secondary N) is 1. The number of para-hydroxylation sites is 1. The molecule has 0 heterocycles. The molecular weight excluding hydrogens is 546 g/mol. The first-order valence-electron chi connectivity index (χ1n) is 13.3. The van der Waals surface area contributed by atoms with Crippen LogP contribution in [0.15, 0.2) is 84.9 Å². The van der Waals surface area contributed by atoms with Crippen LogP contribution in [0.5, 0.6) is 0 Å². The summed E-state index contributed by atoms with van der Waals surface area (Å²) in [4.78, 5) is 29.1. The summed E-state index contributed by atoms with van der Waals surface area (Å²) >= 11 is 6.24. The number of hydrogen-bond donors (Lipinski definition) is 1. The van der Waals surface area contributed by atoms with E-state index >= 15 is 0 Å². The van der Waals surface area contributed by atoms with Crippen LogP contribution in [0.1, 0.15) is 44.7 Å². The average molecular weight is 584 g/mol. The molecule has 0 aromatic heterocycles. The zero-order chi connectivity index (χ0) is 29.3. The van der Waals surface area contributed by atoms with Crippen molar-refractivity contribution in [1.82, 2.24) is 10.2 Å². The third-order valence-corrected chi connectivity index (χ3v) is 7.64. The van der Waals surface area contributed by atoms with Crippen molar-refractivity contribution in [3.8, 4) is 0 Å². The molecule has 3 rings (SSSR count). The van der Waals surface area contributed by atoms with Gasteiger partial charge < -0.3 is 10.2 Å². The van der Waals surface area contributed by atoms with E-state index in [1.54, 1.807) is 41.3 Å². The van der Waals surface area contributed by atoms with Crippen LogP contribution in [0.2, 0.25) is 5.02 Å². The van der Waals surface area contributed by atoms with Crippen LogP contribution in [-0.2, 0) is 32.6 Å². The molecule has 3 aromatic rings. The second-order valence-electron chi connectivity index (χ2n) is 10.9. The van der Waals surface area contributed by atoms with Crippen molar-refractivity contribution < 1.29 is 18.0 Å². The fraction of sp³-hybridized carbons (Fsp3) is 0.355. The Morgan fingerprint density at radius 1 is 0.900 bits per heavy atom. The van der Waals surface area contributed by atoms with Crippen molar-refractivity contribution in [3.63, 3.8) is 0 Å². The summed E-state index contributed by atoms with van der Waals surface area (Å²) in [5, 5.41) is 3.58. The molecular formula is C31H38ClN3O4S. The minimum absolute atomic E-state index is 0.0630. The van der Waals surface area contributed by atoms with Gasteiger partial charge in [-0.1, -0.05) is 72.3 Å². The molecule has 0 saturated carbocycles. The van der Waals surface area contributed by atoms with Gasteiger partial charge in [0, 0.05) is 36.5 Å². The summed E-state index contributed by atoms with van der Waals surface area (Å²) in [6.45, 7) is 6.02. The van der Waals surface area contributed by atoms with Gasteiger partial charge >= 0.3 is 0 Å². The van der Waals surface area contributed by atoms with E-state index in [0.29, 0.717) is 17.1 Å². The number of benzene rings is 3. The fourth-order valence-electron chi connectivity index (χ4n) is 4.44. The average Bonchev–Trinajstić information content (AvgIpc) is 2.88. The van der Waals surface area contributed by atoms with Crippen molar-refractivity contribution in [2.24, 2.45) is 0 Å². The van der Waals surface area contributed by atoms with Crippen molar-refractivity contribution in [3.05, 3.63) is 101 Å². The molecule has 0 bridgehead atoms. The zero-order valence-corrected chi connectivity index (χ0v) is 25.1. The predicted molar refractivity (Wildman–Crippen MR) is 162 cm³/mol. The van der Waals surface area contributed by atoms with E-state index < -0.39 is 21.6 Å². The number of halogens is 1. The smallest absolute Gasteiger partial charge is 0.243 e. The Kier molecular flexibility index (Phi) is 10.8. The summed E-state index contributed by atoms with van der Waals surface area (Å²) in [6.07, 6.45) is 1.83. The second kappa shape index (κ2) is 13.8. The highest BCUT2D eigenvalue weighted by Crippen LogP contribution is 2.21. The van der Waals surface area contributed by atoms with Crippen LogP contribution in [0.25, 0.3) is 0 Å². The number of hydrogen-bond acceptors (Lipinski definition) is 4. The standard InChI is InChI=1S/C31H38ClN3O4S/c1-31(2,3)33-30(37)28(22-24-13-7-5-8-14-24)34(23-25-15-11-16-26(32)21-25)29(36)19-12-20-35(40(4,38)39)27-17-9-6-10-18-27/h5-11,13-18,21,28H,12,19-20,22-23H2,1-4H3,(H,33,37)/t28-/m0/s1. The first kappa shape index (κ1) is 31.2. The molecule has 214 valence electrons. The number of sulfonamides is 1. The normalized spacial score (nSPS) is 12.4. The van der Waals surface area contributed by atoms with Gasteiger partial charge in [0.05, 0.1) is 11.9 Å². The van der Waals surface area contributed by atoms with Crippen LogP contribution < -0.4 is 9.62 Å². The molecule has 3 aromatic carbocycles. The molecule has 0 spiro atoms. The van der Waals surface area contributed by atoms with Crippen molar-refractivity contribution in [1.29, 1.82) is 0 Å². The maximum atomic E-state index is 13.8. The summed E-state index contributed by atoms with van der Waals surface area (Å²) < 4.78 is 26.3. The maximum absolute atomic E-state index is 13.8. The van der Waals surface area contributed by atoms with E-state index in [2.05, 4.69) is 5.32 Å². The molecule has 2 amide bonds. The van der Waals surface area contributed by atoms with Crippen LogP contribution in [0, 0.1) is 0 Å². The summed E-state index contributed by atoms with van der Waals surface area (Å²) in [5.41, 5.74) is 1.76. The lowest BCUT2D eigenvalue weighted by molar-refractivity contribution is -0.142. The molecule has 0 fully saturated rings. The van der Waals surface area contributed by atoms with Gasteiger partial charge in [-0.15, -0.1) is 0 Å². The molecule has 1 atom stereocenters. The van der Waals surface area contributed by atoms with Gasteiger partial charge in [-0.25, -0.2) is 8.42 Å². The number of nitrogens with zero attached hydrogens (tertiary/aromatic N) is 2. The molecule has 7 nitrogen and oxygen atoms in total. The molecule has 1 N–H and O–H groups in total. The minimum Gasteiger partial charge on any atom is -0.350 e. The number of amides is 2. The molecule has 0 aliphatic carbocycles.